The fraction of sp³-hybridized carbons (Fsp3) is 0.462. The second kappa shape index (κ2) is 8.95. The number of hydrogen-bond donors (Lipinski definition) is 3. The number of nitrogens with one attached hydrogen (secondary N) is 2. The van der Waals surface area contributed by atoms with Gasteiger partial charge in [-0.2, -0.15) is 18.3 Å². The number of fused-ring (bicyclic) bond motifs is 1. The molecule has 5 rings (SSSR count). The maximum atomic E-state index is 13.4. The number of hydrogen-bond acceptors (Lipinski definition) is 6. The highest BCUT2D eigenvalue weighted by atomic mass is 19.4. The average Bonchev–Trinajstić information content (AvgIpc) is 3.28. The number of benzene rings is 2. The van der Waals surface area contributed by atoms with Crippen LogP contribution in [0.15, 0.2) is 36.4 Å². The van der Waals surface area contributed by atoms with Crippen LogP contribution >= 0.6 is 0 Å². The van der Waals surface area contributed by atoms with Gasteiger partial charge in [-0.05, 0) is 74.4 Å². The summed E-state index contributed by atoms with van der Waals surface area (Å²) in [6, 6.07) is 10.3. The van der Waals surface area contributed by atoms with Gasteiger partial charge < -0.3 is 21.3 Å². The van der Waals surface area contributed by atoms with Crippen LogP contribution in [0.2, 0.25) is 0 Å². The second-order valence-corrected chi connectivity index (χ2v) is 9.92. The highest BCUT2D eigenvalue weighted by Crippen LogP contribution is 2.39. The van der Waals surface area contributed by atoms with Crippen molar-refractivity contribution in [2.24, 2.45) is 11.1 Å². The third kappa shape index (κ3) is 4.54. The minimum Gasteiger partial charge on any atom is -0.371 e. The zero-order chi connectivity index (χ0) is 24.8. The minimum absolute atomic E-state index is 0.105. The lowest BCUT2D eigenvalue weighted by atomic mass is 9.78. The Kier molecular flexibility index (Phi) is 6.09. The number of anilines is 2. The number of halogens is 3. The molecule has 0 saturated carbocycles. The molecule has 9 heteroatoms. The van der Waals surface area contributed by atoms with Gasteiger partial charge in [0.2, 0.25) is 0 Å². The van der Waals surface area contributed by atoms with E-state index in [1.165, 1.54) is 19.4 Å². The first-order chi connectivity index (χ1) is 16.7. The van der Waals surface area contributed by atoms with Gasteiger partial charge in [0.15, 0.2) is 5.82 Å². The van der Waals surface area contributed by atoms with Crippen molar-refractivity contribution in [3.05, 3.63) is 58.8 Å². The topological polar surface area (TPSA) is 79.1 Å². The van der Waals surface area contributed by atoms with Crippen LogP contribution < -0.4 is 21.3 Å². The summed E-state index contributed by atoms with van der Waals surface area (Å²) < 4.78 is 40.2. The van der Waals surface area contributed by atoms with Crippen LogP contribution in [-0.4, -0.2) is 36.4 Å². The van der Waals surface area contributed by atoms with Crippen molar-refractivity contribution in [3.63, 3.8) is 0 Å². The van der Waals surface area contributed by atoms with E-state index in [9.17, 15) is 13.2 Å². The van der Waals surface area contributed by atoms with Crippen LogP contribution in [0.1, 0.15) is 47.8 Å². The Morgan fingerprint density at radius 1 is 1.06 bits per heavy atom. The summed E-state index contributed by atoms with van der Waals surface area (Å²) in [6.45, 7) is 7.54. The summed E-state index contributed by atoms with van der Waals surface area (Å²) in [5.74, 6) is 0.463. The number of nitrogens with zero attached hydrogens (tertiary/aromatic N) is 3. The first-order valence-electron chi connectivity index (χ1n) is 12.1. The maximum Gasteiger partial charge on any atom is 0.416 e. The van der Waals surface area contributed by atoms with Gasteiger partial charge in [-0.15, -0.1) is 5.10 Å². The van der Waals surface area contributed by atoms with Crippen LogP contribution in [0.4, 0.5) is 24.7 Å². The molecular weight excluding hydrogens is 453 g/mol. The molecule has 2 saturated heterocycles. The Morgan fingerprint density at radius 3 is 2.51 bits per heavy atom. The normalized spacial score (nSPS) is 18.9. The van der Waals surface area contributed by atoms with Gasteiger partial charge in [0.25, 0.3) is 0 Å². The van der Waals surface area contributed by atoms with Crippen molar-refractivity contribution in [1.29, 1.82) is 0 Å². The summed E-state index contributed by atoms with van der Waals surface area (Å²) >= 11 is 0. The molecule has 4 N–H and O–H groups in total. The quantitative estimate of drug-likeness (QED) is 0.457. The summed E-state index contributed by atoms with van der Waals surface area (Å²) in [5, 5.41) is 17.0. The Labute approximate surface area is 203 Å². The average molecular weight is 485 g/mol. The zero-order valence-corrected chi connectivity index (χ0v) is 20.0. The predicted octanol–water partition coefficient (Wildman–Crippen LogP) is 4.91. The molecule has 2 fully saturated rings. The molecule has 1 aromatic heterocycles. The van der Waals surface area contributed by atoms with Crippen molar-refractivity contribution >= 4 is 22.3 Å². The van der Waals surface area contributed by atoms with Crippen LogP contribution in [-0.2, 0) is 6.18 Å². The van der Waals surface area contributed by atoms with Crippen molar-refractivity contribution < 1.29 is 13.2 Å². The summed E-state index contributed by atoms with van der Waals surface area (Å²) in [4.78, 5) is 2.40. The smallest absolute Gasteiger partial charge is 0.371 e. The summed E-state index contributed by atoms with van der Waals surface area (Å²) in [6.07, 6.45) is -1.74. The number of piperidine rings is 1. The van der Waals surface area contributed by atoms with E-state index >= 15 is 0 Å². The third-order valence-electron chi connectivity index (χ3n) is 7.78. The molecular formula is C26H31F3N6. The molecule has 3 heterocycles. The molecule has 35 heavy (non-hydrogen) atoms. The Balaban J connectivity index is 1.43. The fourth-order valence-corrected chi connectivity index (χ4v) is 5.56. The Morgan fingerprint density at radius 2 is 1.83 bits per heavy atom. The largest absolute Gasteiger partial charge is 0.416 e. The van der Waals surface area contributed by atoms with E-state index in [4.69, 9.17) is 5.73 Å². The standard InChI is InChI=1S/C26H31F3N6/c1-16-19(4-3-5-22(16)26(27,28)29)23(30)32-24-21-14-18(6-7-20(21)17(2)33-34-24)35-12-9-25(10-13-35)8-11-31-15-25/h3-7,14,23,31H,8-13,15,30H2,1-2H3,(H,32,34)/t23-/m0/s1. The van der Waals surface area contributed by atoms with Gasteiger partial charge in [0.05, 0.1) is 11.3 Å². The zero-order valence-electron chi connectivity index (χ0n) is 20.0. The molecule has 0 bridgehead atoms. The van der Waals surface area contributed by atoms with Crippen LogP contribution in [0.25, 0.3) is 10.8 Å². The van der Waals surface area contributed by atoms with E-state index in [1.54, 1.807) is 6.07 Å². The number of alkyl halides is 3. The first kappa shape index (κ1) is 23.8. The van der Waals surface area contributed by atoms with E-state index in [0.29, 0.717) is 16.8 Å². The molecule has 1 atom stereocenters. The molecule has 2 aliphatic rings. The van der Waals surface area contributed by atoms with Gasteiger partial charge >= 0.3 is 6.18 Å². The lowest BCUT2D eigenvalue weighted by Crippen LogP contribution is -2.41. The number of nitrogens with two attached hydrogens (primary N) is 1. The molecule has 6 nitrogen and oxygen atoms in total. The van der Waals surface area contributed by atoms with Crippen molar-refractivity contribution in [2.75, 3.05) is 36.4 Å². The fourth-order valence-electron chi connectivity index (χ4n) is 5.56. The monoisotopic (exact) mass is 484 g/mol. The van der Waals surface area contributed by atoms with E-state index < -0.39 is 17.9 Å². The number of aromatic nitrogens is 2. The highest BCUT2D eigenvalue weighted by molar-refractivity contribution is 5.95. The van der Waals surface area contributed by atoms with Crippen LogP contribution in [0.5, 0.6) is 0 Å². The van der Waals surface area contributed by atoms with Crippen LogP contribution in [0, 0.1) is 19.3 Å². The van der Waals surface area contributed by atoms with E-state index in [0.717, 1.165) is 67.2 Å². The second-order valence-electron chi connectivity index (χ2n) is 9.92. The summed E-state index contributed by atoms with van der Waals surface area (Å²) in [7, 11) is 0. The Bertz CT molecular complexity index is 1230. The molecule has 186 valence electrons. The highest BCUT2D eigenvalue weighted by Gasteiger charge is 2.37. The van der Waals surface area contributed by atoms with Crippen LogP contribution in [0.3, 0.4) is 0 Å². The molecule has 0 unspecified atom stereocenters. The molecule has 0 amide bonds. The summed E-state index contributed by atoms with van der Waals surface area (Å²) in [5.41, 5.74) is 8.47. The minimum atomic E-state index is -4.44. The SMILES string of the molecule is Cc1c([C@@H](N)Nc2nnc(C)c3ccc(N4CCC5(CCNC5)CC4)cc23)cccc1C(F)(F)F. The Hall–Kier alpha value is -2.91. The van der Waals surface area contributed by atoms with E-state index in [2.05, 4.69) is 37.9 Å². The van der Waals surface area contributed by atoms with Gasteiger partial charge in [-0.3, -0.25) is 0 Å². The van der Waals surface area contributed by atoms with Crippen molar-refractivity contribution in [3.8, 4) is 0 Å². The van der Waals surface area contributed by atoms with Crippen molar-refractivity contribution in [1.82, 2.24) is 15.5 Å². The van der Waals surface area contributed by atoms with Gasteiger partial charge in [-0.25, -0.2) is 0 Å². The molecule has 0 aliphatic carbocycles. The van der Waals surface area contributed by atoms with Gasteiger partial charge in [0, 0.05) is 36.1 Å². The van der Waals surface area contributed by atoms with Crippen molar-refractivity contribution in [2.45, 2.75) is 45.5 Å². The molecule has 3 aromatic rings. The molecule has 2 aromatic carbocycles. The number of aryl methyl sites for hydroxylation is 1. The molecule has 0 radical (unpaired) electrons. The third-order valence-corrected chi connectivity index (χ3v) is 7.78. The lowest BCUT2D eigenvalue weighted by Gasteiger charge is -2.40. The van der Waals surface area contributed by atoms with E-state index in [-0.39, 0.29) is 5.56 Å². The van der Waals surface area contributed by atoms with E-state index in [1.807, 2.05) is 13.0 Å². The first-order valence-corrected chi connectivity index (χ1v) is 12.1. The molecule has 1 spiro atoms. The van der Waals surface area contributed by atoms with Gasteiger partial charge in [-0.1, -0.05) is 18.2 Å². The predicted molar refractivity (Wildman–Crippen MR) is 132 cm³/mol. The lowest BCUT2D eigenvalue weighted by molar-refractivity contribution is -0.138. The maximum absolute atomic E-state index is 13.4. The number of rotatable bonds is 4. The molecule has 2 aliphatic heterocycles. The van der Waals surface area contributed by atoms with Gasteiger partial charge in [0.1, 0.15) is 6.17 Å².